The third kappa shape index (κ3) is 3.06. The van der Waals surface area contributed by atoms with Crippen LogP contribution in [0.3, 0.4) is 0 Å². The van der Waals surface area contributed by atoms with E-state index in [1.54, 1.807) is 0 Å². The predicted molar refractivity (Wildman–Crippen MR) is 66.1 cm³/mol. The van der Waals surface area contributed by atoms with Crippen LogP contribution in [0.2, 0.25) is 0 Å². The second-order valence-electron chi connectivity index (χ2n) is 4.73. The van der Waals surface area contributed by atoms with Gasteiger partial charge in [0.2, 0.25) is 0 Å². The summed E-state index contributed by atoms with van der Waals surface area (Å²) in [6.07, 6.45) is -4.51. The summed E-state index contributed by atoms with van der Waals surface area (Å²) in [6.45, 7) is 0.119. The molecule has 1 saturated heterocycles. The van der Waals surface area contributed by atoms with Crippen LogP contribution >= 0.6 is 0 Å². The van der Waals surface area contributed by atoms with Gasteiger partial charge in [-0.2, -0.15) is 13.2 Å². The third-order valence-electron chi connectivity index (χ3n) is 3.37. The lowest BCUT2D eigenvalue weighted by Gasteiger charge is -2.22. The van der Waals surface area contributed by atoms with E-state index in [9.17, 15) is 28.1 Å². The number of non-ortho nitro benzene ring substituents is 1. The Bertz CT molecular complexity index is 588. The number of hydrogen-bond donors (Lipinski definition) is 1. The Morgan fingerprint density at radius 3 is 2.57 bits per heavy atom. The van der Waals surface area contributed by atoms with E-state index in [0.717, 1.165) is 12.1 Å². The fourth-order valence-corrected chi connectivity index (χ4v) is 2.32. The lowest BCUT2D eigenvalue weighted by atomic mass is 10.1. The summed E-state index contributed by atoms with van der Waals surface area (Å²) >= 11 is 0. The van der Waals surface area contributed by atoms with Crippen molar-refractivity contribution in [1.82, 2.24) is 0 Å². The van der Waals surface area contributed by atoms with E-state index in [1.165, 1.54) is 4.90 Å². The van der Waals surface area contributed by atoms with Crippen molar-refractivity contribution < 1.29 is 28.0 Å². The van der Waals surface area contributed by atoms with Crippen LogP contribution in [0, 0.1) is 16.0 Å². The smallest absolute Gasteiger partial charge is 0.418 e. The minimum absolute atomic E-state index is 0.0454. The minimum Gasteiger partial charge on any atom is -0.481 e. The SMILES string of the molecule is O=C(O)C1CCN(c2ccc([N+](=O)[O-])cc2C(F)(F)F)C1. The quantitative estimate of drug-likeness (QED) is 0.685. The van der Waals surface area contributed by atoms with E-state index in [4.69, 9.17) is 5.11 Å². The Labute approximate surface area is 116 Å². The van der Waals surface area contributed by atoms with E-state index < -0.39 is 34.2 Å². The Balaban J connectivity index is 2.40. The fourth-order valence-electron chi connectivity index (χ4n) is 2.32. The van der Waals surface area contributed by atoms with Crippen molar-refractivity contribution in [3.8, 4) is 0 Å². The first-order valence-electron chi connectivity index (χ1n) is 6.03. The highest BCUT2D eigenvalue weighted by Crippen LogP contribution is 2.40. The molecule has 1 atom stereocenters. The van der Waals surface area contributed by atoms with Gasteiger partial charge in [-0.15, -0.1) is 0 Å². The third-order valence-corrected chi connectivity index (χ3v) is 3.37. The van der Waals surface area contributed by atoms with Crippen molar-refractivity contribution in [3.05, 3.63) is 33.9 Å². The first-order valence-corrected chi connectivity index (χ1v) is 6.03. The second-order valence-corrected chi connectivity index (χ2v) is 4.73. The van der Waals surface area contributed by atoms with Crippen LogP contribution in [0.15, 0.2) is 18.2 Å². The molecular formula is C12H11F3N2O4. The Kier molecular flexibility index (Phi) is 3.75. The predicted octanol–water partition coefficient (Wildman–Crippen LogP) is 2.52. The van der Waals surface area contributed by atoms with Gasteiger partial charge in [-0.25, -0.2) is 0 Å². The molecule has 1 heterocycles. The molecule has 9 heteroatoms. The van der Waals surface area contributed by atoms with Crippen LogP contribution in [0.25, 0.3) is 0 Å². The van der Waals surface area contributed by atoms with E-state index >= 15 is 0 Å². The number of nitro groups is 1. The molecule has 0 bridgehead atoms. The Morgan fingerprint density at radius 2 is 2.10 bits per heavy atom. The number of anilines is 1. The van der Waals surface area contributed by atoms with Crippen molar-refractivity contribution in [2.45, 2.75) is 12.6 Å². The molecule has 1 aromatic carbocycles. The number of nitro benzene ring substituents is 1. The monoisotopic (exact) mass is 304 g/mol. The first kappa shape index (κ1) is 15.1. The van der Waals surface area contributed by atoms with Crippen LogP contribution in [0.1, 0.15) is 12.0 Å². The molecule has 0 radical (unpaired) electrons. The Hall–Kier alpha value is -2.32. The maximum Gasteiger partial charge on any atom is 0.418 e. The highest BCUT2D eigenvalue weighted by Gasteiger charge is 2.38. The summed E-state index contributed by atoms with van der Waals surface area (Å²) in [4.78, 5) is 21.9. The normalized spacial score (nSPS) is 18.8. The summed E-state index contributed by atoms with van der Waals surface area (Å²) in [5.74, 6) is -1.80. The zero-order valence-corrected chi connectivity index (χ0v) is 10.6. The average molecular weight is 304 g/mol. The number of aliphatic carboxylic acids is 1. The van der Waals surface area contributed by atoms with Crippen LogP contribution in [-0.2, 0) is 11.0 Å². The van der Waals surface area contributed by atoms with Gasteiger partial charge in [0.1, 0.15) is 0 Å². The number of carboxylic acids is 1. The van der Waals surface area contributed by atoms with Gasteiger partial charge in [0.25, 0.3) is 5.69 Å². The van der Waals surface area contributed by atoms with Gasteiger partial charge in [-0.05, 0) is 12.5 Å². The molecule has 1 fully saturated rings. The molecule has 1 N–H and O–H groups in total. The topological polar surface area (TPSA) is 83.7 Å². The van der Waals surface area contributed by atoms with Crippen LogP contribution in [0.5, 0.6) is 0 Å². The molecule has 0 aromatic heterocycles. The summed E-state index contributed by atoms with van der Waals surface area (Å²) in [6, 6.07) is 2.48. The van der Waals surface area contributed by atoms with Gasteiger partial charge >= 0.3 is 12.1 Å². The number of benzene rings is 1. The highest BCUT2D eigenvalue weighted by molar-refractivity contribution is 5.72. The number of nitrogens with zero attached hydrogens (tertiary/aromatic N) is 2. The summed E-state index contributed by atoms with van der Waals surface area (Å²) in [5, 5.41) is 19.5. The molecule has 0 spiro atoms. The second kappa shape index (κ2) is 5.23. The van der Waals surface area contributed by atoms with Gasteiger partial charge in [0.15, 0.2) is 0 Å². The highest BCUT2D eigenvalue weighted by atomic mass is 19.4. The van der Waals surface area contributed by atoms with E-state index in [-0.39, 0.29) is 25.2 Å². The fraction of sp³-hybridized carbons (Fsp3) is 0.417. The average Bonchev–Trinajstić information content (AvgIpc) is 2.86. The number of carbonyl (C=O) groups is 1. The van der Waals surface area contributed by atoms with Crippen LogP contribution < -0.4 is 4.90 Å². The maximum absolute atomic E-state index is 13.0. The van der Waals surface area contributed by atoms with Gasteiger partial charge in [-0.1, -0.05) is 0 Å². The maximum atomic E-state index is 13.0. The first-order chi connectivity index (χ1) is 9.70. The largest absolute Gasteiger partial charge is 0.481 e. The van der Waals surface area contributed by atoms with Gasteiger partial charge in [0, 0.05) is 30.9 Å². The van der Waals surface area contributed by atoms with E-state index in [2.05, 4.69) is 0 Å². The molecule has 1 aliphatic rings. The lowest BCUT2D eigenvalue weighted by Crippen LogP contribution is -2.25. The number of hydrogen-bond acceptors (Lipinski definition) is 4. The van der Waals surface area contributed by atoms with Crippen molar-refractivity contribution in [2.24, 2.45) is 5.92 Å². The number of halogens is 3. The van der Waals surface area contributed by atoms with E-state index in [1.807, 2.05) is 0 Å². The number of rotatable bonds is 3. The van der Waals surface area contributed by atoms with Gasteiger partial charge < -0.3 is 10.0 Å². The van der Waals surface area contributed by atoms with Crippen LogP contribution in [0.4, 0.5) is 24.5 Å². The standard InChI is InChI=1S/C12H11F3N2O4/c13-12(14,15)9-5-8(17(20)21)1-2-10(9)16-4-3-7(6-16)11(18)19/h1-2,5,7H,3-4,6H2,(H,18,19). The van der Waals surface area contributed by atoms with Gasteiger partial charge in [-0.3, -0.25) is 14.9 Å². The zero-order chi connectivity index (χ0) is 15.8. The molecule has 1 unspecified atom stereocenters. The Morgan fingerprint density at radius 1 is 1.43 bits per heavy atom. The summed E-state index contributed by atoms with van der Waals surface area (Å²) < 4.78 is 39.1. The van der Waals surface area contributed by atoms with Gasteiger partial charge in [0.05, 0.1) is 16.4 Å². The molecule has 0 aliphatic carbocycles. The number of alkyl halides is 3. The summed E-state index contributed by atoms with van der Waals surface area (Å²) in [5.41, 5.74) is -2.00. The van der Waals surface area contributed by atoms with Crippen molar-refractivity contribution in [3.63, 3.8) is 0 Å². The van der Waals surface area contributed by atoms with Crippen molar-refractivity contribution >= 4 is 17.3 Å². The molecule has 1 aliphatic heterocycles. The van der Waals surface area contributed by atoms with Crippen molar-refractivity contribution in [2.75, 3.05) is 18.0 Å². The minimum atomic E-state index is -4.75. The molecule has 1 aromatic rings. The summed E-state index contributed by atoms with van der Waals surface area (Å²) in [7, 11) is 0. The lowest BCUT2D eigenvalue weighted by molar-refractivity contribution is -0.385. The van der Waals surface area contributed by atoms with E-state index in [0.29, 0.717) is 6.07 Å². The number of carboxylic acid groups (broad SMARTS) is 1. The molecule has 6 nitrogen and oxygen atoms in total. The van der Waals surface area contributed by atoms with Crippen molar-refractivity contribution in [1.29, 1.82) is 0 Å². The molecule has 21 heavy (non-hydrogen) atoms. The molecule has 114 valence electrons. The molecular weight excluding hydrogens is 293 g/mol. The molecule has 0 saturated carbocycles. The zero-order valence-electron chi connectivity index (χ0n) is 10.6. The molecule has 0 amide bonds. The molecule has 2 rings (SSSR count). The van der Waals surface area contributed by atoms with Crippen LogP contribution in [-0.4, -0.2) is 29.1 Å².